The zero-order valence-corrected chi connectivity index (χ0v) is 18.3. The molecule has 2 aliphatic rings. The summed E-state index contributed by atoms with van der Waals surface area (Å²) in [7, 11) is 3.09. The van der Waals surface area contributed by atoms with Gasteiger partial charge in [-0.25, -0.2) is 4.79 Å². The summed E-state index contributed by atoms with van der Waals surface area (Å²) in [5, 5.41) is 11.8. The van der Waals surface area contributed by atoms with Crippen LogP contribution in [-0.4, -0.2) is 59.2 Å². The van der Waals surface area contributed by atoms with E-state index in [-0.39, 0.29) is 5.70 Å². The zero-order valence-electron chi connectivity index (χ0n) is 17.5. The number of methoxy groups -OCH3 is 2. The third kappa shape index (κ3) is 4.32. The predicted molar refractivity (Wildman–Crippen MR) is 115 cm³/mol. The quantitative estimate of drug-likeness (QED) is 0.506. The molecule has 4 N–H and O–H groups in total. The van der Waals surface area contributed by atoms with Gasteiger partial charge in [0, 0.05) is 18.4 Å². The number of nitrogens with two attached hydrogens (primary N) is 1. The Labute approximate surface area is 184 Å². The van der Waals surface area contributed by atoms with E-state index in [1.54, 1.807) is 44.4 Å². The van der Waals surface area contributed by atoms with E-state index in [0.29, 0.717) is 29.2 Å². The minimum absolute atomic E-state index is 0.0416. The summed E-state index contributed by atoms with van der Waals surface area (Å²) in [6.07, 6.45) is 3.41. The van der Waals surface area contributed by atoms with Crippen molar-refractivity contribution in [2.75, 3.05) is 20.0 Å². The monoisotopic (exact) mass is 447 g/mol. The van der Waals surface area contributed by atoms with Gasteiger partial charge in [0.25, 0.3) is 5.91 Å². The highest BCUT2D eigenvalue weighted by Gasteiger charge is 2.54. The van der Waals surface area contributed by atoms with Crippen LogP contribution >= 0.6 is 11.8 Å². The maximum Gasteiger partial charge on any atom is 0.352 e. The van der Waals surface area contributed by atoms with E-state index >= 15 is 0 Å². The van der Waals surface area contributed by atoms with E-state index in [9.17, 15) is 19.5 Å². The van der Waals surface area contributed by atoms with E-state index in [0.717, 1.165) is 5.56 Å². The number of amides is 2. The van der Waals surface area contributed by atoms with Gasteiger partial charge < -0.3 is 25.6 Å². The van der Waals surface area contributed by atoms with E-state index < -0.39 is 35.2 Å². The van der Waals surface area contributed by atoms with Crippen LogP contribution in [0.1, 0.15) is 24.1 Å². The SMILES string of the molecule is CC=CC1=C(C(=O)O)N2C(=O)C(NC(=O)[C@H](N)c3ccc(COC)c(OC)c3)[C@@H]2SC1. The lowest BCUT2D eigenvalue weighted by molar-refractivity contribution is -0.150. The van der Waals surface area contributed by atoms with Gasteiger partial charge in [-0.3, -0.25) is 14.5 Å². The number of carboxylic acids is 1. The van der Waals surface area contributed by atoms with Crippen LogP contribution in [0.5, 0.6) is 5.75 Å². The van der Waals surface area contributed by atoms with Crippen molar-refractivity contribution in [3.8, 4) is 5.75 Å². The summed E-state index contributed by atoms with van der Waals surface area (Å²) < 4.78 is 10.5. The lowest BCUT2D eigenvalue weighted by atomic mass is 10.00. The molecule has 1 fully saturated rings. The molecule has 0 saturated carbocycles. The fraction of sp³-hybridized carbons (Fsp3) is 0.381. The van der Waals surface area contributed by atoms with Crippen LogP contribution in [0.15, 0.2) is 41.6 Å². The van der Waals surface area contributed by atoms with Crippen LogP contribution in [-0.2, 0) is 25.7 Å². The number of rotatable bonds is 8. The first kappa shape index (κ1) is 22.9. The smallest absolute Gasteiger partial charge is 0.352 e. The molecule has 1 unspecified atom stereocenters. The van der Waals surface area contributed by atoms with E-state index in [1.165, 1.54) is 23.8 Å². The van der Waals surface area contributed by atoms with Crippen LogP contribution in [0.3, 0.4) is 0 Å². The lowest BCUT2D eigenvalue weighted by Crippen LogP contribution is -2.71. The standard InChI is InChI=1S/C21H25N3O6S/c1-4-5-13-10-31-20-16(19(26)24(20)17(13)21(27)28)23-18(25)15(22)11-6-7-12(9-29-2)14(8-11)30-3/h4-8,15-16,20H,9-10,22H2,1-3H3,(H,23,25)(H,27,28)/t15-,16?,20+/m1/s1. The number of carbonyl (C=O) groups is 3. The first-order chi connectivity index (χ1) is 14.8. The molecule has 0 bridgehead atoms. The second-order valence-corrected chi connectivity index (χ2v) is 8.16. The summed E-state index contributed by atoms with van der Waals surface area (Å²) in [6, 6.07) is 3.29. The van der Waals surface area contributed by atoms with Gasteiger partial charge in [0.15, 0.2) is 0 Å². The zero-order chi connectivity index (χ0) is 22.7. The number of benzene rings is 1. The van der Waals surface area contributed by atoms with Crippen LogP contribution in [0, 0.1) is 0 Å². The molecular weight excluding hydrogens is 422 g/mol. The number of allylic oxidation sites excluding steroid dienone is 2. The van der Waals surface area contributed by atoms with E-state index in [2.05, 4.69) is 5.32 Å². The second kappa shape index (κ2) is 9.54. The summed E-state index contributed by atoms with van der Waals surface area (Å²) in [5.74, 6) is -1.19. The first-order valence-electron chi connectivity index (χ1n) is 9.59. The summed E-state index contributed by atoms with van der Waals surface area (Å²) in [5.41, 5.74) is 7.98. The van der Waals surface area contributed by atoms with Crippen LogP contribution < -0.4 is 15.8 Å². The molecule has 2 aliphatic heterocycles. The Kier molecular flexibility index (Phi) is 7.04. The molecule has 1 aromatic carbocycles. The molecule has 9 nitrogen and oxygen atoms in total. The van der Waals surface area contributed by atoms with Gasteiger partial charge in [-0.05, 0) is 24.1 Å². The molecule has 3 atom stereocenters. The van der Waals surface area contributed by atoms with E-state index in [4.69, 9.17) is 15.2 Å². The van der Waals surface area contributed by atoms with Crippen molar-refractivity contribution in [3.63, 3.8) is 0 Å². The minimum atomic E-state index is -1.17. The highest BCUT2D eigenvalue weighted by atomic mass is 32.2. The van der Waals surface area contributed by atoms with Gasteiger partial charge in [0.05, 0.1) is 13.7 Å². The summed E-state index contributed by atoms with van der Waals surface area (Å²) in [4.78, 5) is 38.3. The Hall–Kier alpha value is -2.82. The lowest BCUT2D eigenvalue weighted by Gasteiger charge is -2.49. The average Bonchev–Trinajstić information content (AvgIpc) is 2.76. The molecule has 0 radical (unpaired) electrons. The number of ether oxygens (including phenoxy) is 2. The van der Waals surface area contributed by atoms with Crippen molar-refractivity contribution in [2.45, 2.75) is 31.0 Å². The number of hydrogen-bond acceptors (Lipinski definition) is 7. The Morgan fingerprint density at radius 1 is 1.42 bits per heavy atom. The minimum Gasteiger partial charge on any atom is -0.496 e. The van der Waals surface area contributed by atoms with Crippen molar-refractivity contribution in [2.24, 2.45) is 5.73 Å². The van der Waals surface area contributed by atoms with Gasteiger partial charge in [0.1, 0.15) is 28.9 Å². The normalized spacial score (nSPS) is 21.5. The molecule has 3 rings (SSSR count). The molecule has 0 aliphatic carbocycles. The number of carbonyl (C=O) groups excluding carboxylic acids is 2. The third-order valence-corrected chi connectivity index (χ3v) is 6.42. The summed E-state index contributed by atoms with van der Waals surface area (Å²) >= 11 is 1.40. The molecule has 2 amide bonds. The van der Waals surface area contributed by atoms with E-state index in [1.807, 2.05) is 0 Å². The highest BCUT2D eigenvalue weighted by Crippen LogP contribution is 2.40. The summed E-state index contributed by atoms with van der Waals surface area (Å²) in [6.45, 7) is 2.13. The van der Waals surface area contributed by atoms with Gasteiger partial charge in [0.2, 0.25) is 5.91 Å². The number of β-lactam (4-membered cyclic amide) rings is 1. The second-order valence-electron chi connectivity index (χ2n) is 7.06. The number of hydrogen-bond donors (Lipinski definition) is 3. The van der Waals surface area contributed by atoms with Crippen molar-refractivity contribution in [1.82, 2.24) is 10.2 Å². The Morgan fingerprint density at radius 2 is 2.16 bits per heavy atom. The molecule has 166 valence electrons. The largest absolute Gasteiger partial charge is 0.496 e. The van der Waals surface area contributed by atoms with Gasteiger partial charge in [-0.1, -0.05) is 24.3 Å². The molecule has 31 heavy (non-hydrogen) atoms. The number of fused-ring (bicyclic) bond motifs is 1. The fourth-order valence-electron chi connectivity index (χ4n) is 3.60. The number of nitrogens with zero attached hydrogens (tertiary/aromatic N) is 1. The van der Waals surface area contributed by atoms with Crippen LogP contribution in [0.2, 0.25) is 0 Å². The topological polar surface area (TPSA) is 131 Å². The maximum absolute atomic E-state index is 12.7. The molecule has 1 saturated heterocycles. The Morgan fingerprint density at radius 3 is 2.77 bits per heavy atom. The maximum atomic E-state index is 12.7. The first-order valence-corrected chi connectivity index (χ1v) is 10.6. The van der Waals surface area contributed by atoms with Crippen molar-refractivity contribution in [1.29, 1.82) is 0 Å². The number of nitrogens with one attached hydrogen (secondary N) is 1. The molecule has 0 spiro atoms. The predicted octanol–water partition coefficient (Wildman–Crippen LogP) is 1.16. The molecule has 1 aromatic rings. The van der Waals surface area contributed by atoms with Crippen molar-refractivity contribution in [3.05, 3.63) is 52.7 Å². The molecule has 0 aromatic heterocycles. The van der Waals surface area contributed by atoms with Crippen molar-refractivity contribution >= 4 is 29.5 Å². The van der Waals surface area contributed by atoms with Gasteiger partial charge >= 0.3 is 5.97 Å². The average molecular weight is 448 g/mol. The Balaban J connectivity index is 1.74. The number of carboxylic acid groups (broad SMARTS) is 1. The number of thioether (sulfide) groups is 1. The Bertz CT molecular complexity index is 960. The molecule has 2 heterocycles. The van der Waals surface area contributed by atoms with Crippen LogP contribution in [0.25, 0.3) is 0 Å². The number of aliphatic carboxylic acids is 1. The van der Waals surface area contributed by atoms with Gasteiger partial charge in [-0.2, -0.15) is 0 Å². The van der Waals surface area contributed by atoms with Crippen molar-refractivity contribution < 1.29 is 29.0 Å². The highest BCUT2D eigenvalue weighted by molar-refractivity contribution is 8.00. The van der Waals surface area contributed by atoms with Gasteiger partial charge in [-0.15, -0.1) is 11.8 Å². The molecular formula is C21H25N3O6S. The van der Waals surface area contributed by atoms with Crippen LogP contribution in [0.4, 0.5) is 0 Å². The third-order valence-electron chi connectivity index (χ3n) is 5.12. The fourth-order valence-corrected chi connectivity index (χ4v) is 4.91. The molecule has 10 heteroatoms.